The number of hydrogen-bond donors (Lipinski definition) is 3. The summed E-state index contributed by atoms with van der Waals surface area (Å²) in [6.45, 7) is 6.21. The van der Waals surface area contributed by atoms with E-state index < -0.39 is 54.0 Å². The lowest BCUT2D eigenvalue weighted by molar-refractivity contribution is -0.253. The van der Waals surface area contributed by atoms with Crippen molar-refractivity contribution in [3.63, 3.8) is 0 Å². The quantitative estimate of drug-likeness (QED) is 0.383. The Kier molecular flexibility index (Phi) is 7.81. The van der Waals surface area contributed by atoms with E-state index in [-0.39, 0.29) is 0 Å². The fourth-order valence-electron chi connectivity index (χ4n) is 2.18. The molecule has 0 amide bonds. The third-order valence-corrected chi connectivity index (χ3v) is 3.68. The second-order valence-electron chi connectivity index (χ2n) is 5.97. The maximum absolute atomic E-state index is 11.3. The molecule has 0 fully saturated rings. The van der Waals surface area contributed by atoms with Crippen molar-refractivity contribution in [3.05, 3.63) is 0 Å². The highest BCUT2D eigenvalue weighted by Gasteiger charge is 2.56. The van der Waals surface area contributed by atoms with Gasteiger partial charge in [-0.05, 0) is 20.8 Å². The summed E-state index contributed by atoms with van der Waals surface area (Å²) in [5, 5.41) is 31.3. The second-order valence-corrected chi connectivity index (χ2v) is 5.97. The zero-order valence-corrected chi connectivity index (χ0v) is 14.7. The van der Waals surface area contributed by atoms with Gasteiger partial charge in [-0.25, -0.2) is 0 Å². The van der Waals surface area contributed by atoms with Crippen LogP contribution in [0.4, 0.5) is 0 Å². The first-order valence-electron chi connectivity index (χ1n) is 7.34. The summed E-state index contributed by atoms with van der Waals surface area (Å²) >= 11 is 0. The van der Waals surface area contributed by atoms with Gasteiger partial charge in [0, 0.05) is 20.8 Å². The molecule has 5 atom stereocenters. The van der Waals surface area contributed by atoms with Crippen LogP contribution in [0.3, 0.4) is 0 Å². The van der Waals surface area contributed by atoms with E-state index in [1.165, 1.54) is 6.92 Å². The monoisotopic (exact) mass is 350 g/mol. The summed E-state index contributed by atoms with van der Waals surface area (Å²) in [4.78, 5) is 33.5. The standard InChI is InChI=1S/C15H26O9/c1-8(16)13(24-11(4)19)15(6,21)14(5,20)12(23-10(3)18)7-22-9(2)17/h8,12-13,16,20-21H,7H2,1-6H3/t8?,12-,13+,14+,15+/m0/s1. The van der Waals surface area contributed by atoms with Crippen LogP contribution in [-0.4, -0.2) is 69.3 Å². The Balaban J connectivity index is 5.71. The van der Waals surface area contributed by atoms with Crippen molar-refractivity contribution in [1.29, 1.82) is 0 Å². The molecule has 0 spiro atoms. The molecule has 0 rings (SSSR count). The van der Waals surface area contributed by atoms with Gasteiger partial charge >= 0.3 is 17.9 Å². The fourth-order valence-corrected chi connectivity index (χ4v) is 2.18. The van der Waals surface area contributed by atoms with Crippen LogP contribution in [0, 0.1) is 0 Å². The SMILES string of the molecule is CC(=O)OC[C@H](OC(C)=O)[C@@](C)(O)[C@](C)(O)[C@H](OC(C)=O)C(C)O. The van der Waals surface area contributed by atoms with Crippen LogP contribution in [0.25, 0.3) is 0 Å². The number of aliphatic hydroxyl groups is 3. The molecule has 0 aromatic rings. The third-order valence-electron chi connectivity index (χ3n) is 3.68. The summed E-state index contributed by atoms with van der Waals surface area (Å²) in [5.41, 5.74) is -4.47. The number of aliphatic hydroxyl groups excluding tert-OH is 1. The van der Waals surface area contributed by atoms with E-state index in [1.54, 1.807) is 0 Å². The summed E-state index contributed by atoms with van der Waals surface area (Å²) in [5.74, 6) is -2.26. The minimum Gasteiger partial charge on any atom is -0.462 e. The smallest absolute Gasteiger partial charge is 0.303 e. The van der Waals surface area contributed by atoms with Crippen molar-refractivity contribution in [3.8, 4) is 0 Å². The van der Waals surface area contributed by atoms with Crippen molar-refractivity contribution in [1.82, 2.24) is 0 Å². The van der Waals surface area contributed by atoms with Gasteiger partial charge in [0.1, 0.15) is 17.8 Å². The normalized spacial score (nSPS) is 19.9. The van der Waals surface area contributed by atoms with Crippen molar-refractivity contribution in [2.45, 2.75) is 71.1 Å². The zero-order chi connectivity index (χ0) is 19.3. The van der Waals surface area contributed by atoms with Gasteiger partial charge in [0.15, 0.2) is 12.2 Å². The Morgan fingerprint density at radius 3 is 1.71 bits per heavy atom. The van der Waals surface area contributed by atoms with Gasteiger partial charge in [0.05, 0.1) is 6.10 Å². The molecule has 0 aliphatic heterocycles. The molecule has 3 N–H and O–H groups in total. The van der Waals surface area contributed by atoms with E-state index >= 15 is 0 Å². The van der Waals surface area contributed by atoms with Crippen LogP contribution < -0.4 is 0 Å². The van der Waals surface area contributed by atoms with Crippen LogP contribution >= 0.6 is 0 Å². The average molecular weight is 350 g/mol. The number of ether oxygens (including phenoxy) is 3. The van der Waals surface area contributed by atoms with Crippen molar-refractivity contribution < 1.29 is 43.9 Å². The summed E-state index contributed by atoms with van der Waals surface area (Å²) in [6.07, 6.45) is -4.34. The van der Waals surface area contributed by atoms with Gasteiger partial charge in [0.25, 0.3) is 0 Å². The Morgan fingerprint density at radius 1 is 0.917 bits per heavy atom. The molecule has 0 saturated carbocycles. The Morgan fingerprint density at radius 2 is 1.38 bits per heavy atom. The number of carbonyl (C=O) groups is 3. The molecule has 140 valence electrons. The maximum Gasteiger partial charge on any atom is 0.303 e. The third kappa shape index (κ3) is 5.73. The molecular weight excluding hydrogens is 324 g/mol. The predicted octanol–water partition coefficient (Wildman–Crippen LogP) is -0.704. The lowest BCUT2D eigenvalue weighted by Crippen LogP contribution is -2.67. The molecule has 1 unspecified atom stereocenters. The van der Waals surface area contributed by atoms with Crippen LogP contribution in [0.5, 0.6) is 0 Å². The van der Waals surface area contributed by atoms with Crippen molar-refractivity contribution in [2.75, 3.05) is 6.61 Å². The first kappa shape index (κ1) is 22.3. The molecule has 0 bridgehead atoms. The lowest BCUT2D eigenvalue weighted by atomic mass is 9.76. The summed E-state index contributed by atoms with van der Waals surface area (Å²) in [7, 11) is 0. The molecule has 0 saturated heterocycles. The van der Waals surface area contributed by atoms with Gasteiger partial charge in [-0.2, -0.15) is 0 Å². The summed E-state index contributed by atoms with van der Waals surface area (Å²) < 4.78 is 14.6. The van der Waals surface area contributed by atoms with Crippen LogP contribution in [0.2, 0.25) is 0 Å². The molecule has 0 radical (unpaired) electrons. The van der Waals surface area contributed by atoms with E-state index in [0.29, 0.717) is 0 Å². The van der Waals surface area contributed by atoms with E-state index in [2.05, 4.69) is 0 Å². The van der Waals surface area contributed by atoms with Crippen molar-refractivity contribution in [2.24, 2.45) is 0 Å². The molecule has 0 aliphatic rings. The average Bonchev–Trinajstić information content (AvgIpc) is 2.39. The van der Waals surface area contributed by atoms with Crippen LogP contribution in [0.15, 0.2) is 0 Å². The van der Waals surface area contributed by atoms with E-state index in [1.807, 2.05) is 0 Å². The lowest BCUT2D eigenvalue weighted by Gasteiger charge is -2.46. The highest BCUT2D eigenvalue weighted by Crippen LogP contribution is 2.34. The maximum atomic E-state index is 11.3. The Hall–Kier alpha value is -1.71. The molecule has 0 heterocycles. The van der Waals surface area contributed by atoms with Crippen molar-refractivity contribution >= 4 is 17.9 Å². The van der Waals surface area contributed by atoms with E-state index in [0.717, 1.165) is 34.6 Å². The highest BCUT2D eigenvalue weighted by atomic mass is 16.6. The van der Waals surface area contributed by atoms with E-state index in [9.17, 15) is 29.7 Å². The molecule has 0 aliphatic carbocycles. The van der Waals surface area contributed by atoms with Gasteiger partial charge in [-0.15, -0.1) is 0 Å². The molecule has 9 heteroatoms. The summed E-state index contributed by atoms with van der Waals surface area (Å²) in [6, 6.07) is 0. The molecule has 0 aromatic heterocycles. The predicted molar refractivity (Wildman–Crippen MR) is 80.7 cm³/mol. The van der Waals surface area contributed by atoms with Gasteiger partial charge < -0.3 is 29.5 Å². The minimum atomic E-state index is -2.24. The Bertz CT molecular complexity index is 468. The molecule has 0 aromatic carbocycles. The molecule has 9 nitrogen and oxygen atoms in total. The number of rotatable bonds is 8. The molecular formula is C15H26O9. The zero-order valence-electron chi connectivity index (χ0n) is 14.7. The van der Waals surface area contributed by atoms with Gasteiger partial charge in [0.2, 0.25) is 0 Å². The minimum absolute atomic E-state index is 0.537. The van der Waals surface area contributed by atoms with E-state index in [4.69, 9.17) is 14.2 Å². The number of carbonyl (C=O) groups excluding carboxylic acids is 3. The van der Waals surface area contributed by atoms with Crippen LogP contribution in [-0.2, 0) is 28.6 Å². The number of esters is 3. The van der Waals surface area contributed by atoms with Gasteiger partial charge in [-0.3, -0.25) is 14.4 Å². The number of hydrogen-bond acceptors (Lipinski definition) is 9. The largest absolute Gasteiger partial charge is 0.462 e. The fraction of sp³-hybridized carbons (Fsp3) is 0.800. The topological polar surface area (TPSA) is 140 Å². The first-order valence-corrected chi connectivity index (χ1v) is 7.34. The Labute approximate surface area is 140 Å². The van der Waals surface area contributed by atoms with Gasteiger partial charge in [-0.1, -0.05) is 0 Å². The van der Waals surface area contributed by atoms with Crippen LogP contribution in [0.1, 0.15) is 41.5 Å². The second kappa shape index (κ2) is 8.41. The highest BCUT2D eigenvalue weighted by molar-refractivity contribution is 5.67. The molecule has 24 heavy (non-hydrogen) atoms. The first-order chi connectivity index (χ1) is 10.7.